The summed E-state index contributed by atoms with van der Waals surface area (Å²) in [6.45, 7) is 22.9. The molecular formula is C21H22N2. The van der Waals surface area contributed by atoms with Crippen molar-refractivity contribution in [3.8, 4) is 0 Å². The molecule has 2 heteroatoms. The maximum absolute atomic E-state index is 4.40. The van der Waals surface area contributed by atoms with Crippen LogP contribution in [0.5, 0.6) is 0 Å². The Hall–Kier alpha value is -3.13. The number of hydrogen-bond donors (Lipinski definition) is 0. The lowest BCUT2D eigenvalue weighted by atomic mass is 9.98. The first-order valence-electron chi connectivity index (χ1n) is 7.12. The Bertz CT molecular complexity index is 781. The van der Waals surface area contributed by atoms with E-state index < -0.39 is 0 Å². The molecule has 0 atom stereocenters. The van der Waals surface area contributed by atoms with Crippen molar-refractivity contribution in [2.24, 2.45) is 4.99 Å². The first-order chi connectivity index (χ1) is 11.2. The highest BCUT2D eigenvalue weighted by Gasteiger charge is 2.13. The summed E-state index contributed by atoms with van der Waals surface area (Å²) in [6.07, 6.45) is 17.8. The summed E-state index contributed by atoms with van der Waals surface area (Å²) < 4.78 is 1.87. The number of nitrogens with zero attached hydrogens (tertiary/aromatic N) is 2. The van der Waals surface area contributed by atoms with E-state index >= 15 is 0 Å². The van der Waals surface area contributed by atoms with Crippen LogP contribution in [0.15, 0.2) is 75.0 Å². The van der Waals surface area contributed by atoms with Gasteiger partial charge in [0.1, 0.15) is 5.49 Å². The Balaban J connectivity index is 4.18. The molecule has 0 amide bonds. The molecule has 1 heterocycles. The van der Waals surface area contributed by atoms with Crippen LogP contribution in [0.2, 0.25) is 0 Å². The van der Waals surface area contributed by atoms with Gasteiger partial charge in [-0.3, -0.25) is 0 Å². The maximum atomic E-state index is 4.40. The highest BCUT2D eigenvalue weighted by molar-refractivity contribution is 5.78. The summed E-state index contributed by atoms with van der Waals surface area (Å²) in [4.78, 5) is 4.40. The molecule has 0 radical (unpaired) electrons. The SMILES string of the molecule is C=C/C=C\c1c(C=C)c(/C=C\C=C)c(=NC=C)n(C=C)c1C=C. The van der Waals surface area contributed by atoms with Gasteiger partial charge in [0.15, 0.2) is 0 Å². The van der Waals surface area contributed by atoms with Gasteiger partial charge in [-0.25, -0.2) is 4.99 Å². The number of pyridine rings is 1. The maximum Gasteiger partial charge on any atom is 0.144 e. The van der Waals surface area contributed by atoms with E-state index in [4.69, 9.17) is 0 Å². The van der Waals surface area contributed by atoms with E-state index in [0.717, 1.165) is 22.4 Å². The van der Waals surface area contributed by atoms with Crippen molar-refractivity contribution in [2.75, 3.05) is 0 Å². The van der Waals surface area contributed by atoms with Crippen LogP contribution in [-0.2, 0) is 0 Å². The number of hydrogen-bond acceptors (Lipinski definition) is 1. The van der Waals surface area contributed by atoms with Crippen LogP contribution in [-0.4, -0.2) is 4.57 Å². The quantitative estimate of drug-likeness (QED) is 0.578. The van der Waals surface area contributed by atoms with Crippen LogP contribution in [0.1, 0.15) is 22.4 Å². The van der Waals surface area contributed by atoms with Crippen LogP contribution in [0.25, 0.3) is 30.5 Å². The summed E-state index contributed by atoms with van der Waals surface area (Å²) in [6, 6.07) is 0. The smallest absolute Gasteiger partial charge is 0.144 e. The van der Waals surface area contributed by atoms with Gasteiger partial charge in [0.2, 0.25) is 0 Å². The number of rotatable bonds is 8. The third-order valence-electron chi connectivity index (χ3n) is 3.18. The topological polar surface area (TPSA) is 17.3 Å². The first kappa shape index (κ1) is 17.9. The minimum Gasteiger partial charge on any atom is -0.301 e. The van der Waals surface area contributed by atoms with Crippen molar-refractivity contribution in [3.05, 3.63) is 97.8 Å². The molecule has 2 nitrogen and oxygen atoms in total. The molecule has 0 aliphatic carbocycles. The van der Waals surface area contributed by atoms with Gasteiger partial charge < -0.3 is 4.57 Å². The van der Waals surface area contributed by atoms with Crippen molar-refractivity contribution in [1.29, 1.82) is 0 Å². The van der Waals surface area contributed by atoms with E-state index in [2.05, 4.69) is 44.5 Å². The second-order valence-corrected chi connectivity index (χ2v) is 4.41. The molecule has 116 valence electrons. The molecule has 0 aromatic carbocycles. The van der Waals surface area contributed by atoms with Crippen molar-refractivity contribution >= 4 is 30.5 Å². The molecule has 0 unspecified atom stereocenters. The highest BCUT2D eigenvalue weighted by Crippen LogP contribution is 2.22. The lowest BCUT2D eigenvalue weighted by Crippen LogP contribution is -2.24. The zero-order valence-electron chi connectivity index (χ0n) is 13.4. The van der Waals surface area contributed by atoms with Gasteiger partial charge >= 0.3 is 0 Å². The molecule has 1 aromatic rings. The van der Waals surface area contributed by atoms with Crippen LogP contribution >= 0.6 is 0 Å². The van der Waals surface area contributed by atoms with E-state index in [-0.39, 0.29) is 0 Å². The van der Waals surface area contributed by atoms with Crippen molar-refractivity contribution in [2.45, 2.75) is 0 Å². The van der Waals surface area contributed by atoms with Crippen LogP contribution in [0, 0.1) is 0 Å². The molecule has 0 aliphatic rings. The second-order valence-electron chi connectivity index (χ2n) is 4.41. The van der Waals surface area contributed by atoms with Crippen LogP contribution in [0.4, 0.5) is 0 Å². The summed E-state index contributed by atoms with van der Waals surface area (Å²) in [5, 5.41) is 0. The summed E-state index contributed by atoms with van der Waals surface area (Å²) in [5.74, 6) is 0. The monoisotopic (exact) mass is 302 g/mol. The average molecular weight is 302 g/mol. The van der Waals surface area contributed by atoms with Crippen molar-refractivity contribution in [1.82, 2.24) is 4.57 Å². The van der Waals surface area contributed by atoms with E-state index in [1.54, 1.807) is 30.5 Å². The molecule has 0 saturated heterocycles. The fourth-order valence-electron chi connectivity index (χ4n) is 2.28. The second kappa shape index (κ2) is 9.00. The molecule has 0 saturated carbocycles. The Kier molecular flexibility index (Phi) is 7.02. The lowest BCUT2D eigenvalue weighted by Gasteiger charge is -2.17. The molecule has 0 spiro atoms. The molecule has 23 heavy (non-hydrogen) atoms. The predicted octanol–water partition coefficient (Wildman–Crippen LogP) is 5.32. The summed E-state index contributed by atoms with van der Waals surface area (Å²) in [7, 11) is 0. The molecule has 1 rings (SSSR count). The Morgan fingerprint density at radius 1 is 0.739 bits per heavy atom. The standard InChI is InChI=1S/C21H22N2/c1-7-13-15-18-17(9-3)19(16-14-8-2)21(22-11-5)23(12-6)20(18)10-4/h7-16H,1-6H2/b15-13-,16-14-,22-21?. The van der Waals surface area contributed by atoms with E-state index in [1.165, 1.54) is 6.20 Å². The third-order valence-corrected chi connectivity index (χ3v) is 3.18. The van der Waals surface area contributed by atoms with Crippen LogP contribution in [0.3, 0.4) is 0 Å². The Morgan fingerprint density at radius 3 is 1.78 bits per heavy atom. The largest absolute Gasteiger partial charge is 0.301 e. The molecule has 1 aromatic heterocycles. The first-order valence-corrected chi connectivity index (χ1v) is 7.12. The minimum atomic E-state index is 0.702. The van der Waals surface area contributed by atoms with Crippen LogP contribution < -0.4 is 5.49 Å². The normalized spacial score (nSPS) is 11.6. The molecular weight excluding hydrogens is 280 g/mol. The predicted molar refractivity (Wildman–Crippen MR) is 105 cm³/mol. The molecule has 0 N–H and O–H groups in total. The Morgan fingerprint density at radius 2 is 1.35 bits per heavy atom. The number of aromatic nitrogens is 1. The summed E-state index contributed by atoms with van der Waals surface area (Å²) in [5.41, 5.74) is 4.36. The van der Waals surface area contributed by atoms with Crippen molar-refractivity contribution < 1.29 is 0 Å². The minimum absolute atomic E-state index is 0.702. The van der Waals surface area contributed by atoms with Gasteiger partial charge in [0.05, 0.1) is 5.69 Å². The fraction of sp³-hybridized carbons (Fsp3) is 0. The number of allylic oxidation sites excluding steroid dienone is 4. The van der Waals surface area contributed by atoms with E-state index in [9.17, 15) is 0 Å². The van der Waals surface area contributed by atoms with Gasteiger partial charge in [-0.1, -0.05) is 82.0 Å². The van der Waals surface area contributed by atoms with Gasteiger partial charge in [0, 0.05) is 23.5 Å². The third kappa shape index (κ3) is 3.74. The van der Waals surface area contributed by atoms with Crippen molar-refractivity contribution in [3.63, 3.8) is 0 Å². The van der Waals surface area contributed by atoms with E-state index in [0.29, 0.717) is 5.49 Å². The average Bonchev–Trinajstić information content (AvgIpc) is 2.57. The van der Waals surface area contributed by atoms with Gasteiger partial charge in [0.25, 0.3) is 0 Å². The van der Waals surface area contributed by atoms with Gasteiger partial charge in [-0.05, 0) is 11.6 Å². The zero-order chi connectivity index (χ0) is 17.2. The fourth-order valence-corrected chi connectivity index (χ4v) is 2.28. The highest BCUT2D eigenvalue weighted by atomic mass is 15.0. The van der Waals surface area contributed by atoms with Gasteiger partial charge in [-0.15, -0.1) is 0 Å². The van der Waals surface area contributed by atoms with Gasteiger partial charge in [-0.2, -0.15) is 0 Å². The Labute approximate surface area is 138 Å². The van der Waals surface area contributed by atoms with E-state index in [1.807, 2.05) is 28.9 Å². The zero-order valence-corrected chi connectivity index (χ0v) is 13.4. The summed E-state index contributed by atoms with van der Waals surface area (Å²) >= 11 is 0. The molecule has 0 aliphatic heterocycles. The molecule has 0 fully saturated rings. The molecule has 0 bridgehead atoms. The lowest BCUT2D eigenvalue weighted by molar-refractivity contribution is 0.981.